The lowest BCUT2D eigenvalue weighted by Crippen LogP contribution is -2.64. The van der Waals surface area contributed by atoms with E-state index >= 15 is 0 Å². The van der Waals surface area contributed by atoms with E-state index in [-0.39, 0.29) is 12.8 Å². The predicted molar refractivity (Wildman–Crippen MR) is 194 cm³/mol. The number of aliphatic hydroxyl groups is 5. The minimum Gasteiger partial charge on any atom is -0.462 e. The maximum Gasteiger partial charge on any atom is 0.472 e. The number of unbranched alkanes of at least 4 members (excludes halogenated alkanes) is 20. The number of phosphoric ester groups is 1. The first kappa shape index (κ1) is 47.9. The number of esters is 2. The van der Waals surface area contributed by atoms with Gasteiger partial charge >= 0.3 is 19.8 Å². The molecule has 1 fully saturated rings. The van der Waals surface area contributed by atoms with Gasteiger partial charge in [-0.05, 0) is 12.8 Å². The molecule has 0 aromatic heterocycles. The first-order chi connectivity index (χ1) is 24.4. The Bertz CT molecular complexity index is 922. The van der Waals surface area contributed by atoms with E-state index in [0.717, 1.165) is 25.7 Å². The predicted octanol–water partition coefficient (Wildman–Crippen LogP) is 6.16. The normalized spacial score (nSPS) is 23.8. The molecular formula is C37H71O13P. The summed E-state index contributed by atoms with van der Waals surface area (Å²) in [5.74, 6) is -1.13. The van der Waals surface area contributed by atoms with Gasteiger partial charge in [-0.2, -0.15) is 0 Å². The zero-order valence-electron chi connectivity index (χ0n) is 31.4. The van der Waals surface area contributed by atoms with Crippen molar-refractivity contribution < 1.29 is 63.1 Å². The number of rotatable bonds is 32. The largest absolute Gasteiger partial charge is 0.472 e. The lowest BCUT2D eigenvalue weighted by Gasteiger charge is -2.41. The van der Waals surface area contributed by atoms with Crippen molar-refractivity contribution in [3.05, 3.63) is 0 Å². The molecule has 1 saturated carbocycles. The summed E-state index contributed by atoms with van der Waals surface area (Å²) in [6, 6.07) is 0. The summed E-state index contributed by atoms with van der Waals surface area (Å²) >= 11 is 0. The third kappa shape index (κ3) is 22.6. The number of phosphoric acid groups is 1. The number of ether oxygens (including phenoxy) is 2. The lowest BCUT2D eigenvalue weighted by atomic mass is 9.85. The number of hydrogen-bond acceptors (Lipinski definition) is 12. The third-order valence-corrected chi connectivity index (χ3v) is 10.4. The molecule has 6 N–H and O–H groups in total. The van der Waals surface area contributed by atoms with Crippen molar-refractivity contribution in [2.45, 2.75) is 211 Å². The average molecular weight is 755 g/mol. The van der Waals surface area contributed by atoms with Crippen LogP contribution in [0.15, 0.2) is 0 Å². The first-order valence-electron chi connectivity index (χ1n) is 19.8. The Morgan fingerprint density at radius 3 is 1.33 bits per heavy atom. The van der Waals surface area contributed by atoms with Crippen LogP contribution in [0.25, 0.3) is 0 Å². The fourth-order valence-corrected chi connectivity index (χ4v) is 7.12. The van der Waals surface area contributed by atoms with Crippen LogP contribution in [-0.2, 0) is 32.7 Å². The molecule has 0 saturated heterocycles. The highest BCUT2D eigenvalue weighted by Gasteiger charge is 2.51. The Morgan fingerprint density at radius 1 is 0.529 bits per heavy atom. The van der Waals surface area contributed by atoms with E-state index in [1.54, 1.807) is 0 Å². The molecule has 0 heterocycles. The molecule has 0 bridgehead atoms. The van der Waals surface area contributed by atoms with Crippen molar-refractivity contribution in [3.63, 3.8) is 0 Å². The monoisotopic (exact) mass is 754 g/mol. The van der Waals surface area contributed by atoms with Gasteiger partial charge in [0.2, 0.25) is 0 Å². The van der Waals surface area contributed by atoms with Gasteiger partial charge in [-0.15, -0.1) is 0 Å². The second-order valence-corrected chi connectivity index (χ2v) is 15.6. The molecule has 51 heavy (non-hydrogen) atoms. The van der Waals surface area contributed by atoms with E-state index in [0.29, 0.717) is 12.8 Å². The second-order valence-electron chi connectivity index (χ2n) is 14.2. The number of carbonyl (C=O) groups excluding carboxylic acids is 2. The summed E-state index contributed by atoms with van der Waals surface area (Å²) in [5.41, 5.74) is 0. The quantitative estimate of drug-likeness (QED) is 0.0258. The topological polar surface area (TPSA) is 210 Å². The van der Waals surface area contributed by atoms with Crippen molar-refractivity contribution in [1.82, 2.24) is 0 Å². The maximum absolute atomic E-state index is 12.6. The molecule has 1 aliphatic rings. The van der Waals surface area contributed by atoms with Crippen LogP contribution in [0.5, 0.6) is 0 Å². The zero-order valence-corrected chi connectivity index (χ0v) is 32.3. The van der Waals surface area contributed by atoms with Gasteiger partial charge in [0.25, 0.3) is 0 Å². The van der Waals surface area contributed by atoms with Crippen LogP contribution in [0.3, 0.4) is 0 Å². The van der Waals surface area contributed by atoms with Crippen LogP contribution in [-0.4, -0.2) is 98.3 Å². The Labute approximate surface area is 306 Å². The SMILES string of the molecule is CCCCCCCCCCCCCCCCCCCCCCC(=O)OC(COC(=O)CCCC)COP(=O)(O)OC1C(O)C(O)C(O)C(O)C1O. The third-order valence-electron chi connectivity index (χ3n) is 9.45. The Morgan fingerprint density at radius 2 is 0.902 bits per heavy atom. The summed E-state index contributed by atoms with van der Waals surface area (Å²) < 4.78 is 32.9. The molecule has 6 atom stereocenters. The van der Waals surface area contributed by atoms with Crippen molar-refractivity contribution in [1.29, 1.82) is 0 Å². The van der Waals surface area contributed by atoms with Gasteiger partial charge in [0.15, 0.2) is 6.10 Å². The molecule has 13 nitrogen and oxygen atoms in total. The van der Waals surface area contributed by atoms with Crippen LogP contribution < -0.4 is 0 Å². The molecule has 0 aromatic rings. The highest BCUT2D eigenvalue weighted by atomic mass is 31.2. The van der Waals surface area contributed by atoms with Gasteiger partial charge in [-0.1, -0.05) is 142 Å². The highest BCUT2D eigenvalue weighted by molar-refractivity contribution is 7.47. The fraction of sp³-hybridized carbons (Fsp3) is 0.946. The Balaban J connectivity index is 2.28. The van der Waals surface area contributed by atoms with E-state index in [2.05, 4.69) is 6.92 Å². The number of hydrogen-bond donors (Lipinski definition) is 6. The molecule has 0 radical (unpaired) electrons. The average Bonchev–Trinajstić information content (AvgIpc) is 3.11. The van der Waals surface area contributed by atoms with Crippen LogP contribution >= 0.6 is 7.82 Å². The second kappa shape index (κ2) is 29.2. The van der Waals surface area contributed by atoms with Crippen LogP contribution in [0.1, 0.15) is 168 Å². The Kier molecular flexibility index (Phi) is 27.4. The molecule has 1 rings (SSSR count). The summed E-state index contributed by atoms with van der Waals surface area (Å²) in [6.45, 7) is 3.00. The van der Waals surface area contributed by atoms with Gasteiger partial charge in [-0.25, -0.2) is 4.57 Å². The van der Waals surface area contributed by atoms with E-state index in [9.17, 15) is 44.6 Å². The summed E-state index contributed by atoms with van der Waals surface area (Å²) in [7, 11) is -5.08. The van der Waals surface area contributed by atoms with E-state index in [1.807, 2.05) is 6.92 Å². The summed E-state index contributed by atoms with van der Waals surface area (Å²) in [4.78, 5) is 34.8. The van der Waals surface area contributed by atoms with Gasteiger partial charge in [-0.3, -0.25) is 18.6 Å². The molecule has 14 heteroatoms. The van der Waals surface area contributed by atoms with E-state index in [4.69, 9.17) is 18.5 Å². The summed E-state index contributed by atoms with van der Waals surface area (Å²) in [6.07, 6.45) is 13.3. The lowest BCUT2D eigenvalue weighted by molar-refractivity contribution is -0.220. The smallest absolute Gasteiger partial charge is 0.462 e. The van der Waals surface area contributed by atoms with Crippen LogP contribution in [0.2, 0.25) is 0 Å². The van der Waals surface area contributed by atoms with Gasteiger partial charge in [0.05, 0.1) is 6.61 Å². The molecule has 0 amide bonds. The van der Waals surface area contributed by atoms with Crippen molar-refractivity contribution in [2.24, 2.45) is 0 Å². The highest BCUT2D eigenvalue weighted by Crippen LogP contribution is 2.47. The molecule has 1 aliphatic carbocycles. The molecular weight excluding hydrogens is 683 g/mol. The number of carbonyl (C=O) groups is 2. The fourth-order valence-electron chi connectivity index (χ4n) is 6.15. The van der Waals surface area contributed by atoms with E-state index in [1.165, 1.54) is 103 Å². The molecule has 302 valence electrons. The molecule has 0 aromatic carbocycles. The van der Waals surface area contributed by atoms with Crippen molar-refractivity contribution in [2.75, 3.05) is 13.2 Å². The minimum atomic E-state index is -5.08. The minimum absolute atomic E-state index is 0.102. The first-order valence-corrected chi connectivity index (χ1v) is 21.3. The van der Waals surface area contributed by atoms with Crippen molar-refractivity contribution in [3.8, 4) is 0 Å². The van der Waals surface area contributed by atoms with Crippen LogP contribution in [0, 0.1) is 0 Å². The van der Waals surface area contributed by atoms with Gasteiger partial charge in [0.1, 0.15) is 43.2 Å². The Hall–Kier alpha value is -1.15. The molecule has 6 unspecified atom stereocenters. The van der Waals surface area contributed by atoms with Crippen molar-refractivity contribution >= 4 is 19.8 Å². The van der Waals surface area contributed by atoms with Gasteiger partial charge in [0, 0.05) is 12.8 Å². The molecule has 0 spiro atoms. The van der Waals surface area contributed by atoms with Crippen LogP contribution in [0.4, 0.5) is 0 Å². The van der Waals surface area contributed by atoms with Gasteiger partial charge < -0.3 is 39.9 Å². The molecule has 0 aliphatic heterocycles. The standard InChI is InChI=1S/C37H71O13P/c1-3-5-7-8-9-10-11-12-13-14-15-16-17-18-19-20-21-22-23-24-26-31(39)49-29(27-47-30(38)25-6-4-2)28-48-51(45,46)50-37-35(43)33(41)32(40)34(42)36(37)44/h29,32-37,40-44H,3-28H2,1-2H3,(H,45,46). The maximum atomic E-state index is 12.6. The summed E-state index contributed by atoms with van der Waals surface area (Å²) in [5, 5.41) is 49.6. The van der Waals surface area contributed by atoms with E-state index < -0.39 is 75.7 Å². The number of aliphatic hydroxyl groups excluding tert-OH is 5. The zero-order chi connectivity index (χ0) is 37.9.